The third kappa shape index (κ3) is 4.47. The van der Waals surface area contributed by atoms with Gasteiger partial charge in [0.15, 0.2) is 23.0 Å². The van der Waals surface area contributed by atoms with E-state index in [1.807, 2.05) is 115 Å². The molecule has 0 unspecified atom stereocenters. The van der Waals surface area contributed by atoms with Crippen LogP contribution in [0, 0.1) is 0 Å². The molecule has 0 bridgehead atoms. The number of fused-ring (bicyclic) bond motifs is 8. The molecule has 10 rings (SSSR count). The lowest BCUT2D eigenvalue weighted by atomic mass is 9.81. The number of rotatable bonds is 3. The molecule has 0 radical (unpaired) electrons. The van der Waals surface area contributed by atoms with Crippen molar-refractivity contribution in [1.29, 1.82) is 0 Å². The van der Waals surface area contributed by atoms with Gasteiger partial charge < -0.3 is 40.9 Å². The summed E-state index contributed by atoms with van der Waals surface area (Å²) in [5.74, 6) is -7.37. The van der Waals surface area contributed by atoms with E-state index in [9.17, 15) is 40.9 Å². The highest BCUT2D eigenvalue weighted by Gasteiger charge is 2.33. The van der Waals surface area contributed by atoms with E-state index in [-0.39, 0.29) is 32.7 Å². The van der Waals surface area contributed by atoms with Gasteiger partial charge in [-0.25, -0.2) is 0 Å². The van der Waals surface area contributed by atoms with E-state index in [0.717, 1.165) is 48.8 Å². The monoisotopic (exact) mass is 734 g/mol. The molecule has 0 saturated carbocycles. The molecule has 0 aliphatic rings. The SMILES string of the molecule is Oc1c(O)c(O)c2c(-c3cc4ccc5ccccc5c4c4ccccc34)c3c(O)c(O)c(O)c(O)c3c(-c3ccc(-c4ccc5ccccc5c4)cc3)c2c1O. The van der Waals surface area contributed by atoms with Crippen LogP contribution in [-0.4, -0.2) is 40.9 Å². The molecule has 56 heavy (non-hydrogen) atoms. The summed E-state index contributed by atoms with van der Waals surface area (Å²) in [5, 5.41) is 98.0. The van der Waals surface area contributed by atoms with Crippen molar-refractivity contribution in [2.24, 2.45) is 0 Å². The highest BCUT2D eigenvalue weighted by atomic mass is 16.4. The maximum absolute atomic E-state index is 11.8. The van der Waals surface area contributed by atoms with Crippen LogP contribution in [0.25, 0.3) is 98.0 Å². The van der Waals surface area contributed by atoms with Gasteiger partial charge in [-0.2, -0.15) is 0 Å². The fraction of sp³-hybridized carbons (Fsp3) is 0. The summed E-state index contributed by atoms with van der Waals surface area (Å²) in [5.41, 5.74) is 2.47. The molecule has 0 aliphatic carbocycles. The molecule has 270 valence electrons. The number of phenols is 8. The molecular formula is C48H30O8. The van der Waals surface area contributed by atoms with Crippen molar-refractivity contribution >= 4 is 64.6 Å². The molecule has 0 aliphatic heterocycles. The highest BCUT2D eigenvalue weighted by molar-refractivity contribution is 6.32. The second-order valence-corrected chi connectivity index (χ2v) is 14.0. The largest absolute Gasteiger partial charge is 0.504 e. The Kier molecular flexibility index (Phi) is 6.93. The minimum atomic E-state index is -1.02. The van der Waals surface area contributed by atoms with Crippen molar-refractivity contribution in [3.05, 3.63) is 133 Å². The van der Waals surface area contributed by atoms with E-state index >= 15 is 0 Å². The molecule has 0 heterocycles. The second-order valence-electron chi connectivity index (χ2n) is 14.0. The van der Waals surface area contributed by atoms with Crippen LogP contribution in [0.2, 0.25) is 0 Å². The number of phenolic OH excluding ortho intramolecular Hbond substituents is 8. The van der Waals surface area contributed by atoms with Crippen molar-refractivity contribution in [3.8, 4) is 79.4 Å². The van der Waals surface area contributed by atoms with Crippen LogP contribution in [0.1, 0.15) is 0 Å². The molecule has 8 N–H and O–H groups in total. The van der Waals surface area contributed by atoms with Crippen molar-refractivity contribution in [3.63, 3.8) is 0 Å². The molecule has 10 aromatic rings. The molecular weight excluding hydrogens is 705 g/mol. The Bertz CT molecular complexity index is 3250. The van der Waals surface area contributed by atoms with Crippen LogP contribution in [0.4, 0.5) is 0 Å². The third-order valence-electron chi connectivity index (χ3n) is 11.1. The predicted molar refractivity (Wildman–Crippen MR) is 221 cm³/mol. The smallest absolute Gasteiger partial charge is 0.204 e. The molecule has 0 fully saturated rings. The van der Waals surface area contributed by atoms with Gasteiger partial charge in [0.1, 0.15) is 0 Å². The Hall–Kier alpha value is -7.84. The van der Waals surface area contributed by atoms with Gasteiger partial charge in [-0.3, -0.25) is 0 Å². The van der Waals surface area contributed by atoms with E-state index in [1.54, 1.807) is 12.1 Å². The first-order valence-corrected chi connectivity index (χ1v) is 17.8. The fourth-order valence-corrected chi connectivity index (χ4v) is 8.46. The van der Waals surface area contributed by atoms with Gasteiger partial charge in [-0.1, -0.05) is 121 Å². The first-order valence-electron chi connectivity index (χ1n) is 17.8. The number of hydrogen-bond donors (Lipinski definition) is 8. The predicted octanol–water partition coefficient (Wildman–Crippen LogP) is 11.3. The quantitative estimate of drug-likeness (QED) is 0.0385. The fourth-order valence-electron chi connectivity index (χ4n) is 8.46. The zero-order valence-corrected chi connectivity index (χ0v) is 29.3. The van der Waals surface area contributed by atoms with Crippen LogP contribution in [0.15, 0.2) is 133 Å². The third-order valence-corrected chi connectivity index (χ3v) is 11.1. The Labute approximate surface area is 317 Å². The van der Waals surface area contributed by atoms with Gasteiger partial charge >= 0.3 is 0 Å². The van der Waals surface area contributed by atoms with Crippen LogP contribution < -0.4 is 0 Å². The van der Waals surface area contributed by atoms with Crippen LogP contribution in [0.5, 0.6) is 46.0 Å². The lowest BCUT2D eigenvalue weighted by molar-refractivity contribution is 0.350. The maximum atomic E-state index is 11.8. The Morgan fingerprint density at radius 2 is 0.679 bits per heavy atom. The first-order chi connectivity index (χ1) is 27.1. The van der Waals surface area contributed by atoms with E-state index in [2.05, 4.69) is 6.07 Å². The Morgan fingerprint density at radius 1 is 0.250 bits per heavy atom. The summed E-state index contributed by atoms with van der Waals surface area (Å²) < 4.78 is 0. The molecule has 0 saturated heterocycles. The molecule has 10 aromatic carbocycles. The zero-order chi connectivity index (χ0) is 38.6. The molecule has 8 heteroatoms. The first kappa shape index (κ1) is 32.8. The number of hydrogen-bond acceptors (Lipinski definition) is 8. The van der Waals surface area contributed by atoms with Crippen molar-refractivity contribution in [2.75, 3.05) is 0 Å². The molecule has 8 nitrogen and oxygen atoms in total. The van der Waals surface area contributed by atoms with Gasteiger partial charge in [0, 0.05) is 32.7 Å². The summed E-state index contributed by atoms with van der Waals surface area (Å²) in [6, 6.07) is 42.2. The Morgan fingerprint density at radius 3 is 1.29 bits per heavy atom. The van der Waals surface area contributed by atoms with Crippen LogP contribution in [-0.2, 0) is 0 Å². The van der Waals surface area contributed by atoms with Gasteiger partial charge in [-0.15, -0.1) is 0 Å². The van der Waals surface area contributed by atoms with Gasteiger partial charge in [0.25, 0.3) is 0 Å². The van der Waals surface area contributed by atoms with Gasteiger partial charge in [0.2, 0.25) is 23.0 Å². The summed E-state index contributed by atoms with van der Waals surface area (Å²) >= 11 is 0. The normalized spacial score (nSPS) is 11.8. The van der Waals surface area contributed by atoms with Crippen LogP contribution >= 0.6 is 0 Å². The van der Waals surface area contributed by atoms with Crippen molar-refractivity contribution < 1.29 is 40.9 Å². The minimum Gasteiger partial charge on any atom is -0.504 e. The lowest BCUT2D eigenvalue weighted by Crippen LogP contribution is -1.95. The van der Waals surface area contributed by atoms with E-state index in [4.69, 9.17) is 0 Å². The Balaban J connectivity index is 1.37. The average molecular weight is 735 g/mol. The summed E-state index contributed by atoms with van der Waals surface area (Å²) in [6.07, 6.45) is 0. The molecule has 0 atom stereocenters. The van der Waals surface area contributed by atoms with Crippen molar-refractivity contribution in [1.82, 2.24) is 0 Å². The number of aromatic hydroxyl groups is 8. The summed E-state index contributed by atoms with van der Waals surface area (Å²) in [4.78, 5) is 0. The van der Waals surface area contributed by atoms with Gasteiger partial charge in [0.05, 0.1) is 0 Å². The standard InChI is InChI=1S/C48H30O8/c49-41-37-35(26-17-13-24(14-18-26)28-19-15-23-7-1-2-9-27(23)21-28)38-40(44(52)48(56)46(54)42(38)50)36(39(37)43(51)47(55)45(41)53)33-22-29-20-16-25-8-3-4-10-30(25)34(29)32-12-6-5-11-31(32)33/h1-22,49-56H. The molecule has 0 aromatic heterocycles. The maximum Gasteiger partial charge on any atom is 0.204 e. The van der Waals surface area contributed by atoms with Crippen LogP contribution in [0.3, 0.4) is 0 Å². The van der Waals surface area contributed by atoms with Gasteiger partial charge in [-0.05, 0) is 77.5 Å². The van der Waals surface area contributed by atoms with E-state index in [0.29, 0.717) is 16.5 Å². The van der Waals surface area contributed by atoms with Crippen molar-refractivity contribution in [2.45, 2.75) is 0 Å². The lowest BCUT2D eigenvalue weighted by Gasteiger charge is -2.23. The van der Waals surface area contributed by atoms with E-state index in [1.165, 1.54) is 0 Å². The molecule has 0 spiro atoms. The van der Waals surface area contributed by atoms with E-state index < -0.39 is 46.0 Å². The zero-order valence-electron chi connectivity index (χ0n) is 29.3. The average Bonchev–Trinajstić information content (AvgIpc) is 3.24. The number of benzene rings is 10. The topological polar surface area (TPSA) is 162 Å². The second kappa shape index (κ2) is 11.8. The summed E-state index contributed by atoms with van der Waals surface area (Å²) in [7, 11) is 0. The minimum absolute atomic E-state index is 0.00370. The highest BCUT2D eigenvalue weighted by Crippen LogP contribution is 2.62. The summed E-state index contributed by atoms with van der Waals surface area (Å²) in [6.45, 7) is 0. The molecule has 0 amide bonds.